The molecule has 0 bridgehead atoms. The average Bonchev–Trinajstić information content (AvgIpc) is 2.88. The fraction of sp³-hybridized carbons (Fsp3) is 0.400. The van der Waals surface area contributed by atoms with Gasteiger partial charge in [0.05, 0.1) is 20.8 Å². The second kappa shape index (κ2) is 10.9. The van der Waals surface area contributed by atoms with Crippen molar-refractivity contribution >= 4 is 35.1 Å². The number of hydrogen-bond donors (Lipinski definition) is 1. The Morgan fingerprint density at radius 1 is 1.06 bits per heavy atom. The number of rotatable bonds is 6. The van der Waals surface area contributed by atoms with E-state index in [2.05, 4.69) is 10.2 Å². The molecule has 2 unspecified atom stereocenters. The van der Waals surface area contributed by atoms with Crippen LogP contribution in [0.3, 0.4) is 0 Å². The number of aliphatic imine (C=N–C) groups is 1. The summed E-state index contributed by atoms with van der Waals surface area (Å²) in [5.74, 6) is -0.680. The number of piperazine rings is 1. The van der Waals surface area contributed by atoms with Crippen molar-refractivity contribution in [1.82, 2.24) is 10.2 Å². The third-order valence-electron chi connectivity index (χ3n) is 6.17. The summed E-state index contributed by atoms with van der Waals surface area (Å²) in [6, 6.07) is 12.2. The van der Waals surface area contributed by atoms with Gasteiger partial charge in [-0.15, -0.1) is 0 Å². The highest BCUT2D eigenvalue weighted by Gasteiger charge is 2.43. The van der Waals surface area contributed by atoms with E-state index in [-0.39, 0.29) is 6.61 Å². The van der Waals surface area contributed by atoms with E-state index in [0.29, 0.717) is 41.1 Å². The van der Waals surface area contributed by atoms with Crippen LogP contribution in [-0.2, 0) is 14.3 Å². The van der Waals surface area contributed by atoms with Crippen LogP contribution in [0.2, 0.25) is 5.02 Å². The van der Waals surface area contributed by atoms with Crippen molar-refractivity contribution in [3.63, 3.8) is 0 Å². The SMILES string of the molecule is CCOC(=O)C1C(=O)NC(N2CCN(c3ccc(Cl)cc3)CC2)=NC1c1ccc(OC)cc1OC. The highest BCUT2D eigenvalue weighted by molar-refractivity contribution is 6.30. The Morgan fingerprint density at radius 3 is 2.37 bits per heavy atom. The number of benzene rings is 2. The highest BCUT2D eigenvalue weighted by atomic mass is 35.5. The van der Waals surface area contributed by atoms with Crippen LogP contribution in [0.4, 0.5) is 5.69 Å². The van der Waals surface area contributed by atoms with Gasteiger partial charge in [-0.1, -0.05) is 11.6 Å². The minimum Gasteiger partial charge on any atom is -0.497 e. The summed E-state index contributed by atoms with van der Waals surface area (Å²) in [6.07, 6.45) is 0. The molecule has 0 radical (unpaired) electrons. The molecule has 4 rings (SSSR count). The van der Waals surface area contributed by atoms with Gasteiger partial charge >= 0.3 is 5.97 Å². The van der Waals surface area contributed by atoms with Crippen molar-refractivity contribution in [3.05, 3.63) is 53.1 Å². The molecule has 0 aliphatic carbocycles. The van der Waals surface area contributed by atoms with Gasteiger partial charge in [0.25, 0.3) is 0 Å². The molecule has 186 valence electrons. The number of hydrogen-bond acceptors (Lipinski definition) is 8. The van der Waals surface area contributed by atoms with Crippen molar-refractivity contribution in [2.75, 3.05) is 51.9 Å². The van der Waals surface area contributed by atoms with E-state index in [1.165, 1.54) is 7.11 Å². The molecule has 35 heavy (non-hydrogen) atoms. The molecule has 1 amide bonds. The maximum Gasteiger partial charge on any atom is 0.321 e. The Labute approximate surface area is 209 Å². The zero-order valence-electron chi connectivity index (χ0n) is 20.0. The number of carbonyl (C=O) groups excluding carboxylic acids is 2. The summed E-state index contributed by atoms with van der Waals surface area (Å²) in [6.45, 7) is 4.66. The lowest BCUT2D eigenvalue weighted by molar-refractivity contribution is -0.153. The number of nitrogens with one attached hydrogen (secondary N) is 1. The lowest BCUT2D eigenvalue weighted by Gasteiger charge is -2.39. The Morgan fingerprint density at radius 2 is 1.74 bits per heavy atom. The Bertz CT molecular complexity index is 1100. The second-order valence-electron chi connectivity index (χ2n) is 8.17. The second-order valence-corrected chi connectivity index (χ2v) is 8.61. The minimum atomic E-state index is -1.13. The third kappa shape index (κ3) is 5.30. The number of methoxy groups -OCH3 is 2. The first kappa shape index (κ1) is 24.7. The van der Waals surface area contributed by atoms with Crippen LogP contribution in [0.25, 0.3) is 0 Å². The van der Waals surface area contributed by atoms with E-state index in [4.69, 9.17) is 30.8 Å². The molecule has 0 aromatic heterocycles. The quantitative estimate of drug-likeness (QED) is 0.481. The molecule has 0 saturated carbocycles. The number of amides is 1. The maximum absolute atomic E-state index is 13.2. The fourth-order valence-electron chi connectivity index (χ4n) is 4.34. The molecule has 10 heteroatoms. The molecular formula is C25H29ClN4O5. The van der Waals surface area contributed by atoms with Crippen LogP contribution in [0.15, 0.2) is 47.5 Å². The summed E-state index contributed by atoms with van der Waals surface area (Å²) >= 11 is 6.01. The van der Waals surface area contributed by atoms with Crippen LogP contribution in [0.5, 0.6) is 11.5 Å². The van der Waals surface area contributed by atoms with Gasteiger partial charge in [-0.05, 0) is 43.3 Å². The van der Waals surface area contributed by atoms with Crippen molar-refractivity contribution in [2.45, 2.75) is 13.0 Å². The van der Waals surface area contributed by atoms with Crippen molar-refractivity contribution in [1.29, 1.82) is 0 Å². The van der Waals surface area contributed by atoms with Gasteiger partial charge in [0, 0.05) is 48.5 Å². The lowest BCUT2D eigenvalue weighted by atomic mass is 9.90. The fourth-order valence-corrected chi connectivity index (χ4v) is 4.46. The summed E-state index contributed by atoms with van der Waals surface area (Å²) in [7, 11) is 3.09. The smallest absolute Gasteiger partial charge is 0.321 e. The molecule has 1 saturated heterocycles. The van der Waals surface area contributed by atoms with E-state index in [9.17, 15) is 9.59 Å². The molecule has 1 N–H and O–H groups in total. The normalized spacial score (nSPS) is 20.1. The molecule has 2 aliphatic heterocycles. The Kier molecular flexibility index (Phi) is 7.65. The molecule has 0 spiro atoms. The molecule has 2 atom stereocenters. The minimum absolute atomic E-state index is 0.165. The first-order chi connectivity index (χ1) is 16.9. The van der Waals surface area contributed by atoms with Crippen LogP contribution in [-0.4, -0.2) is 69.7 Å². The number of guanidine groups is 1. The van der Waals surface area contributed by atoms with Gasteiger partial charge in [0.2, 0.25) is 11.9 Å². The van der Waals surface area contributed by atoms with Crippen molar-refractivity contribution in [3.8, 4) is 11.5 Å². The van der Waals surface area contributed by atoms with E-state index < -0.39 is 23.8 Å². The van der Waals surface area contributed by atoms with Crippen molar-refractivity contribution < 1.29 is 23.8 Å². The zero-order valence-corrected chi connectivity index (χ0v) is 20.7. The maximum atomic E-state index is 13.2. The monoisotopic (exact) mass is 500 g/mol. The zero-order chi connectivity index (χ0) is 24.9. The van der Waals surface area contributed by atoms with E-state index in [0.717, 1.165) is 18.8 Å². The van der Waals surface area contributed by atoms with Gasteiger partial charge in [-0.3, -0.25) is 14.9 Å². The van der Waals surface area contributed by atoms with E-state index in [1.54, 1.807) is 32.2 Å². The number of halogens is 1. The molecule has 2 aliphatic rings. The van der Waals surface area contributed by atoms with Crippen LogP contribution in [0, 0.1) is 5.92 Å². The standard InChI is InChI=1S/C25H29ClN4O5/c1-4-35-24(32)21-22(19-10-9-18(33-2)15-20(19)34-3)27-25(28-23(21)31)30-13-11-29(12-14-30)17-7-5-16(26)6-8-17/h5-10,15,21-22H,4,11-14H2,1-3H3,(H,27,28,31). The number of nitrogens with zero attached hydrogens (tertiary/aromatic N) is 3. The first-order valence-electron chi connectivity index (χ1n) is 11.5. The molecule has 9 nitrogen and oxygen atoms in total. The molecule has 2 aromatic carbocycles. The van der Waals surface area contributed by atoms with E-state index in [1.807, 2.05) is 29.2 Å². The Balaban J connectivity index is 1.61. The van der Waals surface area contributed by atoms with E-state index >= 15 is 0 Å². The van der Waals surface area contributed by atoms with Gasteiger partial charge < -0.3 is 24.0 Å². The Hall–Kier alpha value is -3.46. The largest absolute Gasteiger partial charge is 0.497 e. The van der Waals surface area contributed by atoms with Gasteiger partial charge in [-0.25, -0.2) is 4.99 Å². The summed E-state index contributed by atoms with van der Waals surface area (Å²) in [5.41, 5.74) is 1.70. The molecule has 1 fully saturated rings. The number of esters is 1. The van der Waals surface area contributed by atoms with Gasteiger partial charge in [0.15, 0.2) is 5.92 Å². The predicted molar refractivity (Wildman–Crippen MR) is 133 cm³/mol. The summed E-state index contributed by atoms with van der Waals surface area (Å²) in [5, 5.41) is 3.53. The summed E-state index contributed by atoms with van der Waals surface area (Å²) in [4.78, 5) is 35.1. The summed E-state index contributed by atoms with van der Waals surface area (Å²) < 4.78 is 16.1. The average molecular weight is 501 g/mol. The van der Waals surface area contributed by atoms with Crippen LogP contribution >= 0.6 is 11.6 Å². The molecular weight excluding hydrogens is 472 g/mol. The van der Waals surface area contributed by atoms with Crippen LogP contribution < -0.4 is 19.7 Å². The highest BCUT2D eigenvalue weighted by Crippen LogP contribution is 2.38. The first-order valence-corrected chi connectivity index (χ1v) is 11.9. The lowest BCUT2D eigenvalue weighted by Crippen LogP contribution is -2.57. The topological polar surface area (TPSA) is 92.7 Å². The van der Waals surface area contributed by atoms with Crippen LogP contribution in [0.1, 0.15) is 18.5 Å². The number of anilines is 1. The number of ether oxygens (including phenoxy) is 3. The molecule has 2 heterocycles. The van der Waals surface area contributed by atoms with Crippen molar-refractivity contribution in [2.24, 2.45) is 10.9 Å². The third-order valence-corrected chi connectivity index (χ3v) is 6.42. The molecule has 2 aromatic rings. The van der Waals surface area contributed by atoms with Gasteiger partial charge in [-0.2, -0.15) is 0 Å². The predicted octanol–water partition coefficient (Wildman–Crippen LogP) is 2.89. The number of carbonyl (C=O) groups is 2. The van der Waals surface area contributed by atoms with Gasteiger partial charge in [0.1, 0.15) is 17.5 Å².